The van der Waals surface area contributed by atoms with Crippen LogP contribution in [0.15, 0.2) is 6.07 Å². The van der Waals surface area contributed by atoms with Crippen molar-refractivity contribution in [3.8, 4) is 5.75 Å². The summed E-state index contributed by atoms with van der Waals surface area (Å²) in [6, 6.07) is 0.936. The van der Waals surface area contributed by atoms with Crippen LogP contribution in [0.2, 0.25) is 0 Å². The molecular weight excluding hydrogens is 429 g/mol. The van der Waals surface area contributed by atoms with Crippen LogP contribution in [0.5, 0.6) is 5.75 Å². The normalized spacial score (nSPS) is 36.5. The van der Waals surface area contributed by atoms with E-state index in [1.165, 1.54) is 6.92 Å². The van der Waals surface area contributed by atoms with E-state index in [2.05, 4.69) is 4.18 Å². The Hall–Kier alpha value is -2.14. The number of rotatable bonds is 2. The average molecular weight is 446 g/mol. The number of carbonyl (C=O) groups is 2. The average Bonchev–Trinajstić information content (AvgIpc) is 2.94. The fraction of sp³-hybridized carbons (Fsp3) is 0.579. The second kappa shape index (κ2) is 5.37. The first-order valence-corrected chi connectivity index (χ1v) is 10.8. The summed E-state index contributed by atoms with van der Waals surface area (Å²) in [7, 11) is -5.94. The molecule has 0 aromatic heterocycles. The van der Waals surface area contributed by atoms with E-state index in [9.17, 15) is 36.3 Å². The summed E-state index contributed by atoms with van der Waals surface area (Å²) in [5.74, 6) is -2.74. The summed E-state index contributed by atoms with van der Waals surface area (Å²) in [5, 5.41) is 11.9. The van der Waals surface area contributed by atoms with Gasteiger partial charge in [-0.3, -0.25) is 9.59 Å². The highest BCUT2D eigenvalue weighted by Gasteiger charge is 2.77. The largest absolute Gasteiger partial charge is 0.534 e. The summed E-state index contributed by atoms with van der Waals surface area (Å²) in [5.41, 5.74) is -8.29. The summed E-state index contributed by atoms with van der Waals surface area (Å²) >= 11 is 0. The zero-order valence-corrected chi connectivity index (χ0v) is 16.7. The van der Waals surface area contributed by atoms with Gasteiger partial charge in [-0.25, -0.2) is 0 Å². The van der Waals surface area contributed by atoms with Gasteiger partial charge >= 0.3 is 21.6 Å². The maximum Gasteiger partial charge on any atom is 0.534 e. The second-order valence-corrected chi connectivity index (χ2v) is 10.2. The van der Waals surface area contributed by atoms with E-state index in [1.54, 1.807) is 6.92 Å². The number of esters is 1. The minimum Gasteiger partial charge on any atom is -0.461 e. The number of ether oxygens (including phenoxy) is 1. The van der Waals surface area contributed by atoms with Gasteiger partial charge in [0.1, 0.15) is 22.9 Å². The standard InChI is InChI=1S/C19H17F3O7S/c1-7-3-14-11-4-9-8(2)13(29-30(26,27)19(20,21)22)5-10-12(23)6-17(7,16(24)28-14)18(11,25)15(9)10/h5,7,11,14,25H,3-4,6H2,1-2H3/t7-,11+,14?,17?,18+/m0/s1. The monoisotopic (exact) mass is 446 g/mol. The molecule has 2 unspecified atom stereocenters. The number of halogens is 3. The molecule has 30 heavy (non-hydrogen) atoms. The first-order chi connectivity index (χ1) is 13.8. The van der Waals surface area contributed by atoms with Crippen molar-refractivity contribution in [2.45, 2.75) is 50.3 Å². The number of Topliss-reactive ketones (excluding diaryl/α,β-unsaturated/α-hetero) is 1. The van der Waals surface area contributed by atoms with Crippen LogP contribution in [0.4, 0.5) is 13.2 Å². The van der Waals surface area contributed by atoms with Crippen LogP contribution in [0, 0.1) is 24.2 Å². The molecule has 3 fully saturated rings. The zero-order chi connectivity index (χ0) is 22.0. The van der Waals surface area contributed by atoms with Gasteiger partial charge in [0, 0.05) is 17.9 Å². The number of fused-ring (bicyclic) bond motifs is 2. The molecule has 2 bridgehead atoms. The van der Waals surface area contributed by atoms with Crippen molar-refractivity contribution in [3.05, 3.63) is 28.3 Å². The number of benzene rings is 1. The SMILES string of the molecule is Cc1c(OS(=O)(=O)C(F)(F)F)cc2c3c1C[C@@H]1C4C[C@H](C)C(CC2=O)(C(=O)O4)[C@]31O. The van der Waals surface area contributed by atoms with Crippen molar-refractivity contribution in [1.82, 2.24) is 0 Å². The summed E-state index contributed by atoms with van der Waals surface area (Å²) in [6.45, 7) is 3.15. The number of ketones is 1. The number of carbonyl (C=O) groups excluding carboxylic acids is 2. The van der Waals surface area contributed by atoms with Crippen LogP contribution in [0.25, 0.3) is 0 Å². The molecule has 1 saturated carbocycles. The summed E-state index contributed by atoms with van der Waals surface area (Å²) in [4.78, 5) is 25.8. The van der Waals surface area contributed by atoms with Crippen molar-refractivity contribution in [2.24, 2.45) is 17.3 Å². The van der Waals surface area contributed by atoms with Crippen molar-refractivity contribution in [1.29, 1.82) is 0 Å². The Morgan fingerprint density at radius 2 is 1.97 bits per heavy atom. The van der Waals surface area contributed by atoms with Crippen molar-refractivity contribution in [2.75, 3.05) is 0 Å². The quantitative estimate of drug-likeness (QED) is 0.421. The van der Waals surface area contributed by atoms with Crippen LogP contribution in [0.1, 0.15) is 46.8 Å². The van der Waals surface area contributed by atoms with Crippen molar-refractivity contribution in [3.63, 3.8) is 0 Å². The molecule has 1 N–H and O–H groups in total. The molecule has 1 aromatic carbocycles. The Morgan fingerprint density at radius 3 is 2.57 bits per heavy atom. The highest BCUT2D eigenvalue weighted by molar-refractivity contribution is 7.88. The lowest BCUT2D eigenvalue weighted by Crippen LogP contribution is -2.71. The van der Waals surface area contributed by atoms with E-state index in [-0.39, 0.29) is 35.4 Å². The molecule has 1 spiro atoms. The zero-order valence-electron chi connectivity index (χ0n) is 15.9. The molecule has 162 valence electrons. The maximum absolute atomic E-state index is 13.0. The molecule has 2 aliphatic heterocycles. The number of hydrogen-bond acceptors (Lipinski definition) is 7. The molecule has 11 heteroatoms. The van der Waals surface area contributed by atoms with Crippen LogP contribution in [0.3, 0.4) is 0 Å². The Morgan fingerprint density at radius 1 is 1.30 bits per heavy atom. The van der Waals surface area contributed by atoms with E-state index in [1.807, 2.05) is 0 Å². The Balaban J connectivity index is 1.76. The number of hydrogen-bond donors (Lipinski definition) is 1. The topological polar surface area (TPSA) is 107 Å². The second-order valence-electron chi connectivity index (χ2n) is 8.61. The highest BCUT2D eigenvalue weighted by atomic mass is 32.2. The molecule has 6 rings (SSSR count). The molecule has 2 saturated heterocycles. The summed E-state index contributed by atoms with van der Waals surface area (Å²) < 4.78 is 71.4. The first kappa shape index (κ1) is 19.8. The predicted octanol–water partition coefficient (Wildman–Crippen LogP) is 2.12. The highest BCUT2D eigenvalue weighted by Crippen LogP contribution is 2.69. The Bertz CT molecular complexity index is 1140. The van der Waals surface area contributed by atoms with Gasteiger partial charge < -0.3 is 14.0 Å². The molecule has 1 aromatic rings. The Kier molecular flexibility index (Phi) is 3.54. The number of alkyl halides is 3. The van der Waals surface area contributed by atoms with Crippen LogP contribution in [-0.4, -0.2) is 36.9 Å². The molecule has 2 heterocycles. The van der Waals surface area contributed by atoms with Crippen LogP contribution in [-0.2, 0) is 31.7 Å². The van der Waals surface area contributed by atoms with Crippen LogP contribution >= 0.6 is 0 Å². The smallest absolute Gasteiger partial charge is 0.461 e. The minimum absolute atomic E-state index is 0.0775. The third-order valence-electron chi connectivity index (χ3n) is 7.41. The molecule has 5 aliphatic rings. The molecule has 3 aliphatic carbocycles. The van der Waals surface area contributed by atoms with E-state index in [4.69, 9.17) is 4.74 Å². The van der Waals surface area contributed by atoms with Gasteiger partial charge in [-0.15, -0.1) is 0 Å². The fourth-order valence-corrected chi connectivity index (χ4v) is 6.53. The molecule has 7 nitrogen and oxygen atoms in total. The molecular formula is C19H17F3O7S. The van der Waals surface area contributed by atoms with E-state index < -0.39 is 56.2 Å². The third kappa shape index (κ3) is 1.98. The van der Waals surface area contributed by atoms with Crippen LogP contribution < -0.4 is 4.18 Å². The molecule has 5 atom stereocenters. The van der Waals surface area contributed by atoms with Crippen molar-refractivity contribution < 1.29 is 45.2 Å². The third-order valence-corrected chi connectivity index (χ3v) is 8.38. The van der Waals surface area contributed by atoms with E-state index >= 15 is 0 Å². The van der Waals surface area contributed by atoms with Gasteiger partial charge in [0.05, 0.1) is 0 Å². The number of aliphatic hydroxyl groups is 1. The Labute approximate surface area is 169 Å². The lowest BCUT2D eigenvalue weighted by atomic mass is 9.47. The van der Waals surface area contributed by atoms with Gasteiger partial charge in [-0.1, -0.05) is 6.92 Å². The lowest BCUT2D eigenvalue weighted by molar-refractivity contribution is -0.270. The van der Waals surface area contributed by atoms with Gasteiger partial charge in [-0.05, 0) is 48.4 Å². The van der Waals surface area contributed by atoms with Crippen molar-refractivity contribution >= 4 is 21.9 Å². The first-order valence-electron chi connectivity index (χ1n) is 9.40. The van der Waals surface area contributed by atoms with E-state index in [0.29, 0.717) is 12.0 Å². The van der Waals surface area contributed by atoms with E-state index in [0.717, 1.165) is 6.07 Å². The fourth-order valence-electron chi connectivity index (χ4n) is 6.03. The van der Waals surface area contributed by atoms with Gasteiger partial charge in [0.25, 0.3) is 0 Å². The lowest BCUT2D eigenvalue weighted by Gasteiger charge is -2.61. The maximum atomic E-state index is 13.0. The molecule has 0 amide bonds. The molecule has 0 radical (unpaired) electrons. The van der Waals surface area contributed by atoms with Gasteiger partial charge in [0.2, 0.25) is 0 Å². The minimum atomic E-state index is -5.94. The van der Waals surface area contributed by atoms with Gasteiger partial charge in [-0.2, -0.15) is 21.6 Å². The predicted molar refractivity (Wildman–Crippen MR) is 92.9 cm³/mol. The summed E-state index contributed by atoms with van der Waals surface area (Å²) in [6.07, 6.45) is -0.378. The van der Waals surface area contributed by atoms with Gasteiger partial charge in [0.15, 0.2) is 5.78 Å².